The number of benzene rings is 1. The van der Waals surface area contributed by atoms with Crippen LogP contribution in [0, 0.1) is 5.92 Å². The summed E-state index contributed by atoms with van der Waals surface area (Å²) in [6, 6.07) is 10.2. The number of para-hydroxylation sites is 1. The van der Waals surface area contributed by atoms with Crippen LogP contribution in [0.3, 0.4) is 0 Å². The highest BCUT2D eigenvalue weighted by Crippen LogP contribution is 2.30. The second-order valence-corrected chi connectivity index (χ2v) is 6.70. The maximum absolute atomic E-state index is 12.7. The average Bonchev–Trinajstić information content (AvgIpc) is 3.01. The van der Waals surface area contributed by atoms with Crippen molar-refractivity contribution in [3.63, 3.8) is 0 Å². The normalized spacial score (nSPS) is 20.4. The molecule has 0 saturated carbocycles. The minimum absolute atomic E-state index is 0.0416. The summed E-state index contributed by atoms with van der Waals surface area (Å²) < 4.78 is 5.76. The standard InChI is InChI=1S/C17H17NO2S/c19-17(18-7-5-16-13(10-18)6-8-21-16)14-9-12-3-1-2-4-15(12)20-11-14/h1-4,6,8,14H,5,7,9-11H2. The zero-order valence-corrected chi connectivity index (χ0v) is 12.6. The summed E-state index contributed by atoms with van der Waals surface area (Å²) in [7, 11) is 0. The summed E-state index contributed by atoms with van der Waals surface area (Å²) in [6.45, 7) is 2.10. The predicted octanol–water partition coefficient (Wildman–Crippen LogP) is 2.88. The lowest BCUT2D eigenvalue weighted by Crippen LogP contribution is -2.42. The Morgan fingerprint density at radius 3 is 3.10 bits per heavy atom. The first kappa shape index (κ1) is 12.9. The quantitative estimate of drug-likeness (QED) is 0.810. The number of hydrogen-bond donors (Lipinski definition) is 0. The number of carbonyl (C=O) groups is 1. The highest BCUT2D eigenvalue weighted by atomic mass is 32.1. The summed E-state index contributed by atoms with van der Waals surface area (Å²) >= 11 is 1.80. The number of fused-ring (bicyclic) bond motifs is 2. The van der Waals surface area contributed by atoms with Crippen molar-refractivity contribution in [3.05, 3.63) is 51.7 Å². The SMILES string of the molecule is O=C(C1COc2ccccc2C1)N1CCc2sccc2C1. The van der Waals surface area contributed by atoms with Crippen LogP contribution in [0.4, 0.5) is 0 Å². The van der Waals surface area contributed by atoms with E-state index in [9.17, 15) is 4.79 Å². The summed E-state index contributed by atoms with van der Waals surface area (Å²) in [6.07, 6.45) is 1.78. The molecule has 1 amide bonds. The molecule has 21 heavy (non-hydrogen) atoms. The van der Waals surface area contributed by atoms with Crippen molar-refractivity contribution in [2.24, 2.45) is 5.92 Å². The predicted molar refractivity (Wildman–Crippen MR) is 82.6 cm³/mol. The van der Waals surface area contributed by atoms with Gasteiger partial charge in [0.05, 0.1) is 5.92 Å². The lowest BCUT2D eigenvalue weighted by atomic mass is 9.94. The first-order valence-corrected chi connectivity index (χ1v) is 8.24. The van der Waals surface area contributed by atoms with Crippen LogP contribution in [0.5, 0.6) is 5.75 Å². The molecule has 3 nitrogen and oxygen atoms in total. The molecular formula is C17H17NO2S. The zero-order chi connectivity index (χ0) is 14.2. The van der Waals surface area contributed by atoms with Gasteiger partial charge in [-0.2, -0.15) is 0 Å². The molecule has 1 aromatic carbocycles. The number of nitrogens with zero attached hydrogens (tertiary/aromatic N) is 1. The van der Waals surface area contributed by atoms with Crippen molar-refractivity contribution in [1.82, 2.24) is 4.90 Å². The third-order valence-corrected chi connectivity index (χ3v) is 5.37. The van der Waals surface area contributed by atoms with Gasteiger partial charge in [0.15, 0.2) is 0 Å². The molecule has 0 saturated heterocycles. The van der Waals surface area contributed by atoms with Gasteiger partial charge in [0.1, 0.15) is 12.4 Å². The molecule has 108 valence electrons. The first-order valence-electron chi connectivity index (χ1n) is 7.36. The van der Waals surface area contributed by atoms with Crippen LogP contribution < -0.4 is 4.74 Å². The fourth-order valence-corrected chi connectivity index (χ4v) is 4.07. The Balaban J connectivity index is 1.49. The fourth-order valence-electron chi connectivity index (χ4n) is 3.18. The van der Waals surface area contributed by atoms with Crippen LogP contribution in [-0.2, 0) is 24.2 Å². The van der Waals surface area contributed by atoms with Crippen LogP contribution in [0.25, 0.3) is 0 Å². The van der Waals surface area contributed by atoms with Gasteiger partial charge < -0.3 is 9.64 Å². The number of ether oxygens (including phenoxy) is 1. The molecule has 1 aromatic heterocycles. The summed E-state index contributed by atoms with van der Waals surface area (Å²) in [4.78, 5) is 16.2. The smallest absolute Gasteiger partial charge is 0.229 e. The van der Waals surface area contributed by atoms with Crippen LogP contribution in [-0.4, -0.2) is 24.0 Å². The number of carbonyl (C=O) groups excluding carboxylic acids is 1. The molecule has 4 rings (SSSR count). The van der Waals surface area contributed by atoms with Gasteiger partial charge in [0.2, 0.25) is 5.91 Å². The molecule has 0 N–H and O–H groups in total. The Morgan fingerprint density at radius 2 is 2.14 bits per heavy atom. The molecule has 1 atom stereocenters. The Labute approximate surface area is 128 Å². The molecular weight excluding hydrogens is 282 g/mol. The van der Waals surface area contributed by atoms with E-state index in [-0.39, 0.29) is 11.8 Å². The average molecular weight is 299 g/mol. The molecule has 0 spiro atoms. The van der Waals surface area contributed by atoms with Crippen molar-refractivity contribution in [3.8, 4) is 5.75 Å². The highest BCUT2D eigenvalue weighted by Gasteiger charge is 2.31. The van der Waals surface area contributed by atoms with Gasteiger partial charge in [-0.15, -0.1) is 11.3 Å². The topological polar surface area (TPSA) is 29.5 Å². The minimum Gasteiger partial charge on any atom is -0.492 e. The molecule has 0 bridgehead atoms. The van der Waals surface area contributed by atoms with E-state index in [0.29, 0.717) is 6.61 Å². The van der Waals surface area contributed by atoms with Crippen molar-refractivity contribution >= 4 is 17.2 Å². The molecule has 2 aliphatic rings. The van der Waals surface area contributed by atoms with E-state index in [0.717, 1.165) is 37.2 Å². The molecule has 1 unspecified atom stereocenters. The second kappa shape index (κ2) is 5.19. The third kappa shape index (κ3) is 2.33. The summed E-state index contributed by atoms with van der Waals surface area (Å²) in [5.41, 5.74) is 2.46. The fraction of sp³-hybridized carbons (Fsp3) is 0.353. The number of hydrogen-bond acceptors (Lipinski definition) is 3. The zero-order valence-electron chi connectivity index (χ0n) is 11.7. The van der Waals surface area contributed by atoms with E-state index in [1.807, 2.05) is 23.1 Å². The minimum atomic E-state index is -0.0416. The van der Waals surface area contributed by atoms with Crippen molar-refractivity contribution in [2.45, 2.75) is 19.4 Å². The maximum Gasteiger partial charge on any atom is 0.229 e. The van der Waals surface area contributed by atoms with Gasteiger partial charge in [0.25, 0.3) is 0 Å². The van der Waals surface area contributed by atoms with Crippen LogP contribution in [0.1, 0.15) is 16.0 Å². The highest BCUT2D eigenvalue weighted by molar-refractivity contribution is 7.10. The molecule has 2 aromatic rings. The second-order valence-electron chi connectivity index (χ2n) is 5.70. The lowest BCUT2D eigenvalue weighted by Gasteiger charge is -2.32. The monoisotopic (exact) mass is 299 g/mol. The molecule has 4 heteroatoms. The van der Waals surface area contributed by atoms with E-state index in [2.05, 4.69) is 17.5 Å². The third-order valence-electron chi connectivity index (χ3n) is 4.35. The first-order chi connectivity index (χ1) is 10.3. The van der Waals surface area contributed by atoms with E-state index in [1.165, 1.54) is 10.4 Å². The van der Waals surface area contributed by atoms with E-state index >= 15 is 0 Å². The van der Waals surface area contributed by atoms with Crippen molar-refractivity contribution < 1.29 is 9.53 Å². The molecule has 0 aliphatic carbocycles. The molecule has 0 radical (unpaired) electrons. The van der Waals surface area contributed by atoms with Gasteiger partial charge in [0, 0.05) is 18.0 Å². The maximum atomic E-state index is 12.7. The number of rotatable bonds is 1. The number of amides is 1. The van der Waals surface area contributed by atoms with E-state index in [4.69, 9.17) is 4.74 Å². The van der Waals surface area contributed by atoms with Crippen LogP contribution in [0.15, 0.2) is 35.7 Å². The van der Waals surface area contributed by atoms with Gasteiger partial charge in [-0.1, -0.05) is 18.2 Å². The van der Waals surface area contributed by atoms with Gasteiger partial charge in [-0.05, 0) is 41.5 Å². The Hall–Kier alpha value is -1.81. The summed E-state index contributed by atoms with van der Waals surface area (Å²) in [5, 5.41) is 2.12. The van der Waals surface area contributed by atoms with Gasteiger partial charge in [-0.3, -0.25) is 4.79 Å². The van der Waals surface area contributed by atoms with Crippen molar-refractivity contribution in [2.75, 3.05) is 13.2 Å². The molecule has 2 aliphatic heterocycles. The Morgan fingerprint density at radius 1 is 1.24 bits per heavy atom. The summed E-state index contributed by atoms with van der Waals surface area (Å²) in [5.74, 6) is 1.13. The Bertz CT molecular complexity index is 679. The molecule has 3 heterocycles. The van der Waals surface area contributed by atoms with E-state index < -0.39 is 0 Å². The van der Waals surface area contributed by atoms with E-state index in [1.54, 1.807) is 11.3 Å². The lowest BCUT2D eigenvalue weighted by molar-refractivity contribution is -0.137. The number of thiophene rings is 1. The van der Waals surface area contributed by atoms with Gasteiger partial charge in [-0.25, -0.2) is 0 Å². The Kier molecular flexibility index (Phi) is 3.19. The van der Waals surface area contributed by atoms with Crippen LogP contribution >= 0.6 is 11.3 Å². The molecule has 0 fully saturated rings. The largest absolute Gasteiger partial charge is 0.492 e. The van der Waals surface area contributed by atoms with Crippen LogP contribution in [0.2, 0.25) is 0 Å². The van der Waals surface area contributed by atoms with Crippen molar-refractivity contribution in [1.29, 1.82) is 0 Å². The van der Waals surface area contributed by atoms with Gasteiger partial charge >= 0.3 is 0 Å².